The number of Topliss-reactive ketones (excluding diaryl/α,β-unsaturated/α-hetero) is 1. The second kappa shape index (κ2) is 6.07. The van der Waals surface area contributed by atoms with Crippen molar-refractivity contribution < 1.29 is 9.18 Å². The van der Waals surface area contributed by atoms with E-state index < -0.39 is 5.95 Å². The summed E-state index contributed by atoms with van der Waals surface area (Å²) in [5.74, 6) is -0.649. The lowest BCUT2D eigenvalue weighted by molar-refractivity contribution is 0.101. The van der Waals surface area contributed by atoms with Gasteiger partial charge >= 0.3 is 0 Å². The second-order valence-electron chi connectivity index (χ2n) is 4.50. The van der Waals surface area contributed by atoms with Gasteiger partial charge in [0.1, 0.15) is 0 Å². The summed E-state index contributed by atoms with van der Waals surface area (Å²) in [6.45, 7) is 1.44. The molecule has 3 aromatic rings. The van der Waals surface area contributed by atoms with E-state index in [9.17, 15) is 9.18 Å². The van der Waals surface area contributed by atoms with Gasteiger partial charge in [-0.25, -0.2) is 4.98 Å². The molecule has 0 aliphatic carbocycles. The van der Waals surface area contributed by atoms with E-state index in [1.54, 1.807) is 24.3 Å². The quantitative estimate of drug-likeness (QED) is 0.590. The SMILES string of the molecule is CC(=O)c1n[nH]nc1Sc1ccc(-c2cccnc2F)cc1. The number of aromatic nitrogens is 4. The molecule has 7 heteroatoms. The third-order valence-electron chi connectivity index (χ3n) is 2.99. The lowest BCUT2D eigenvalue weighted by atomic mass is 10.1. The van der Waals surface area contributed by atoms with E-state index in [0.29, 0.717) is 16.3 Å². The number of halogens is 1. The van der Waals surface area contributed by atoms with Gasteiger partial charge in [-0.05, 0) is 29.8 Å². The number of hydrogen-bond acceptors (Lipinski definition) is 5. The zero-order valence-electron chi connectivity index (χ0n) is 11.6. The molecule has 0 unspecified atom stereocenters. The highest BCUT2D eigenvalue weighted by Crippen LogP contribution is 2.30. The Kier molecular flexibility index (Phi) is 3.97. The van der Waals surface area contributed by atoms with Crippen molar-refractivity contribution in [1.82, 2.24) is 20.4 Å². The molecule has 2 aromatic heterocycles. The minimum atomic E-state index is -0.502. The van der Waals surface area contributed by atoms with Gasteiger partial charge in [-0.15, -0.1) is 5.10 Å². The predicted molar refractivity (Wildman–Crippen MR) is 80.1 cm³/mol. The molecule has 0 radical (unpaired) electrons. The highest BCUT2D eigenvalue weighted by Gasteiger charge is 2.13. The van der Waals surface area contributed by atoms with Crippen molar-refractivity contribution in [2.45, 2.75) is 16.8 Å². The number of H-pyrrole nitrogens is 1. The fourth-order valence-electron chi connectivity index (χ4n) is 1.94. The molecule has 0 bridgehead atoms. The molecule has 0 amide bonds. The van der Waals surface area contributed by atoms with Crippen LogP contribution in [0.3, 0.4) is 0 Å². The van der Waals surface area contributed by atoms with E-state index in [1.807, 2.05) is 12.1 Å². The van der Waals surface area contributed by atoms with Crippen LogP contribution in [0, 0.1) is 5.95 Å². The number of carbonyl (C=O) groups excluding carboxylic acids is 1. The summed E-state index contributed by atoms with van der Waals surface area (Å²) in [6, 6.07) is 10.6. The van der Waals surface area contributed by atoms with E-state index in [2.05, 4.69) is 20.4 Å². The van der Waals surface area contributed by atoms with Gasteiger partial charge in [0.05, 0.1) is 0 Å². The topological polar surface area (TPSA) is 71.5 Å². The van der Waals surface area contributed by atoms with E-state index in [1.165, 1.54) is 24.9 Å². The number of aromatic amines is 1. The standard InChI is InChI=1S/C15H11FN4OS/c1-9(21)13-15(19-20-18-13)22-11-6-4-10(5-7-11)12-3-2-8-17-14(12)16/h2-8H,1H3,(H,18,19,20). The van der Waals surface area contributed by atoms with Crippen LogP contribution >= 0.6 is 11.8 Å². The molecule has 0 spiro atoms. The molecule has 110 valence electrons. The van der Waals surface area contributed by atoms with Gasteiger partial charge in [-0.1, -0.05) is 23.9 Å². The predicted octanol–water partition coefficient (Wildman–Crippen LogP) is 3.36. The Bertz CT molecular complexity index is 816. The molecule has 0 aliphatic rings. The Hall–Kier alpha value is -2.54. The molecule has 22 heavy (non-hydrogen) atoms. The Morgan fingerprint density at radius 1 is 1.18 bits per heavy atom. The number of ketones is 1. The summed E-state index contributed by atoms with van der Waals surface area (Å²) < 4.78 is 13.6. The number of rotatable bonds is 4. The number of hydrogen-bond donors (Lipinski definition) is 1. The zero-order valence-corrected chi connectivity index (χ0v) is 12.4. The summed E-state index contributed by atoms with van der Waals surface area (Å²) >= 11 is 1.32. The van der Waals surface area contributed by atoms with Crippen LogP contribution in [0.4, 0.5) is 4.39 Å². The maximum atomic E-state index is 13.6. The zero-order chi connectivity index (χ0) is 15.5. The van der Waals surface area contributed by atoms with Crippen molar-refractivity contribution in [3.05, 3.63) is 54.2 Å². The van der Waals surface area contributed by atoms with Crippen molar-refractivity contribution in [3.63, 3.8) is 0 Å². The summed E-state index contributed by atoms with van der Waals surface area (Å²) in [6.07, 6.45) is 1.41. The number of nitrogens with one attached hydrogen (secondary N) is 1. The van der Waals surface area contributed by atoms with Crippen molar-refractivity contribution in [2.24, 2.45) is 0 Å². The van der Waals surface area contributed by atoms with Crippen LogP contribution in [-0.2, 0) is 0 Å². The van der Waals surface area contributed by atoms with Crippen LogP contribution in [0.5, 0.6) is 0 Å². The molecule has 1 N–H and O–H groups in total. The highest BCUT2D eigenvalue weighted by atomic mass is 32.2. The summed E-state index contributed by atoms with van der Waals surface area (Å²) in [4.78, 5) is 15.9. The Balaban J connectivity index is 1.84. The van der Waals surface area contributed by atoms with E-state index in [4.69, 9.17) is 0 Å². The van der Waals surface area contributed by atoms with Crippen molar-refractivity contribution >= 4 is 17.5 Å². The number of carbonyl (C=O) groups is 1. The summed E-state index contributed by atoms with van der Waals surface area (Å²) in [5.41, 5.74) is 1.50. The first-order valence-electron chi connectivity index (χ1n) is 6.45. The first kappa shape index (κ1) is 14.4. The minimum absolute atomic E-state index is 0.148. The minimum Gasteiger partial charge on any atom is -0.293 e. The molecule has 2 heterocycles. The van der Waals surface area contributed by atoms with E-state index in [0.717, 1.165) is 10.5 Å². The molecule has 3 rings (SSSR count). The van der Waals surface area contributed by atoms with Crippen LogP contribution in [0.1, 0.15) is 17.4 Å². The fraction of sp³-hybridized carbons (Fsp3) is 0.0667. The van der Waals surface area contributed by atoms with Gasteiger partial charge in [-0.2, -0.15) is 14.7 Å². The second-order valence-corrected chi connectivity index (χ2v) is 5.56. The van der Waals surface area contributed by atoms with Crippen molar-refractivity contribution in [2.75, 3.05) is 0 Å². The summed E-state index contributed by atoms with van der Waals surface area (Å²) in [7, 11) is 0. The molecule has 0 saturated carbocycles. The molecular weight excluding hydrogens is 303 g/mol. The van der Waals surface area contributed by atoms with Gasteiger partial charge < -0.3 is 0 Å². The summed E-state index contributed by atoms with van der Waals surface area (Å²) in [5, 5.41) is 10.8. The normalized spacial score (nSPS) is 10.6. The van der Waals surface area contributed by atoms with Gasteiger partial charge in [-0.3, -0.25) is 4.79 Å². The van der Waals surface area contributed by atoms with Crippen LogP contribution in [0.15, 0.2) is 52.5 Å². The van der Waals surface area contributed by atoms with E-state index in [-0.39, 0.29) is 5.78 Å². The maximum absolute atomic E-state index is 13.6. The lowest BCUT2D eigenvalue weighted by Crippen LogP contribution is -1.94. The first-order valence-corrected chi connectivity index (χ1v) is 7.27. The molecular formula is C15H11FN4OS. The smallest absolute Gasteiger partial charge is 0.220 e. The Morgan fingerprint density at radius 3 is 2.64 bits per heavy atom. The maximum Gasteiger partial charge on any atom is 0.220 e. The highest BCUT2D eigenvalue weighted by molar-refractivity contribution is 7.99. The van der Waals surface area contributed by atoms with Crippen LogP contribution in [0.2, 0.25) is 0 Å². The van der Waals surface area contributed by atoms with Gasteiger partial charge in [0.15, 0.2) is 16.5 Å². The monoisotopic (exact) mass is 314 g/mol. The van der Waals surface area contributed by atoms with E-state index >= 15 is 0 Å². The Morgan fingerprint density at radius 2 is 1.95 bits per heavy atom. The first-order chi connectivity index (χ1) is 10.6. The van der Waals surface area contributed by atoms with Gasteiger partial charge in [0, 0.05) is 23.6 Å². The molecule has 0 atom stereocenters. The molecule has 5 nitrogen and oxygen atoms in total. The fourth-order valence-corrected chi connectivity index (χ4v) is 2.81. The number of pyridine rings is 1. The number of benzene rings is 1. The number of nitrogens with zero attached hydrogens (tertiary/aromatic N) is 3. The van der Waals surface area contributed by atoms with Crippen LogP contribution < -0.4 is 0 Å². The molecule has 0 fully saturated rings. The average Bonchev–Trinajstić information content (AvgIpc) is 2.97. The largest absolute Gasteiger partial charge is 0.293 e. The third-order valence-corrected chi connectivity index (χ3v) is 3.97. The van der Waals surface area contributed by atoms with Crippen molar-refractivity contribution in [1.29, 1.82) is 0 Å². The van der Waals surface area contributed by atoms with Crippen molar-refractivity contribution in [3.8, 4) is 11.1 Å². The van der Waals surface area contributed by atoms with Gasteiger partial charge in [0.2, 0.25) is 5.95 Å². The molecule has 1 aromatic carbocycles. The lowest BCUT2D eigenvalue weighted by Gasteiger charge is -2.04. The average molecular weight is 314 g/mol. The third kappa shape index (κ3) is 2.89. The van der Waals surface area contributed by atoms with Crippen LogP contribution in [-0.4, -0.2) is 26.2 Å². The van der Waals surface area contributed by atoms with Gasteiger partial charge in [0.25, 0.3) is 0 Å². The molecule has 0 aliphatic heterocycles. The Labute approximate surface area is 130 Å². The molecule has 0 saturated heterocycles. The van der Waals surface area contributed by atoms with Crippen LogP contribution in [0.25, 0.3) is 11.1 Å².